The van der Waals surface area contributed by atoms with Crippen molar-refractivity contribution >= 4 is 58.9 Å². The second-order valence-corrected chi connectivity index (χ2v) is 5.20. The van der Waals surface area contributed by atoms with Gasteiger partial charge in [-0.25, -0.2) is 18.6 Å². The standard InChI is InChI=1S/C9H4ClF2IN2O2S/c1-17-9(16)4-2-3-5(11)6(12)7(10)14-8(3)15(4)18-13/h2H,1H3. The molecule has 2 rings (SSSR count). The number of ether oxygens (including phenoxy) is 1. The number of carbonyl (C=O) groups is 1. The fourth-order valence-corrected chi connectivity index (χ4v) is 3.18. The molecule has 0 aromatic carbocycles. The molecular weight excluding hydrogens is 401 g/mol. The second-order valence-electron chi connectivity index (χ2n) is 3.15. The van der Waals surface area contributed by atoms with E-state index in [2.05, 4.69) is 9.72 Å². The maximum absolute atomic E-state index is 13.7. The van der Waals surface area contributed by atoms with Crippen LogP contribution >= 0.6 is 41.9 Å². The summed E-state index contributed by atoms with van der Waals surface area (Å²) < 4.78 is 32.8. The van der Waals surface area contributed by atoms with Gasteiger partial charge in [-0.15, -0.1) is 0 Å². The zero-order valence-electron chi connectivity index (χ0n) is 8.71. The molecule has 0 saturated heterocycles. The number of halogens is 4. The highest BCUT2D eigenvalue weighted by molar-refractivity contribution is 14.2. The fourth-order valence-electron chi connectivity index (χ4n) is 1.42. The third kappa shape index (κ3) is 2.05. The Morgan fingerprint density at radius 3 is 2.78 bits per heavy atom. The van der Waals surface area contributed by atoms with Crippen molar-refractivity contribution in [3.63, 3.8) is 0 Å². The van der Waals surface area contributed by atoms with Crippen LogP contribution in [-0.4, -0.2) is 22.0 Å². The quantitative estimate of drug-likeness (QED) is 0.436. The molecule has 0 saturated carbocycles. The molecule has 2 aromatic rings. The van der Waals surface area contributed by atoms with Crippen LogP contribution in [0.1, 0.15) is 10.5 Å². The lowest BCUT2D eigenvalue weighted by atomic mass is 10.3. The molecule has 0 amide bonds. The van der Waals surface area contributed by atoms with Crippen LogP contribution in [0.2, 0.25) is 5.15 Å². The molecule has 4 nitrogen and oxygen atoms in total. The van der Waals surface area contributed by atoms with Crippen LogP contribution in [0.5, 0.6) is 0 Å². The minimum absolute atomic E-state index is 0.0555. The van der Waals surface area contributed by atoms with Crippen LogP contribution in [0.15, 0.2) is 6.07 Å². The lowest BCUT2D eigenvalue weighted by molar-refractivity contribution is 0.0594. The smallest absolute Gasteiger partial charge is 0.355 e. The van der Waals surface area contributed by atoms with E-state index in [0.29, 0.717) is 0 Å². The molecule has 0 aliphatic heterocycles. The van der Waals surface area contributed by atoms with E-state index in [1.165, 1.54) is 17.1 Å². The number of rotatable bonds is 2. The summed E-state index contributed by atoms with van der Waals surface area (Å²) in [5, 5.41) is -0.706. The Labute approximate surface area is 121 Å². The lowest BCUT2D eigenvalue weighted by Crippen LogP contribution is -2.05. The molecule has 0 radical (unpaired) electrons. The van der Waals surface area contributed by atoms with Crippen LogP contribution in [0.4, 0.5) is 8.78 Å². The first-order valence-electron chi connectivity index (χ1n) is 4.44. The van der Waals surface area contributed by atoms with Crippen LogP contribution < -0.4 is 0 Å². The number of esters is 1. The second kappa shape index (κ2) is 5.17. The van der Waals surface area contributed by atoms with Crippen LogP contribution in [0, 0.1) is 11.6 Å². The van der Waals surface area contributed by atoms with Crippen molar-refractivity contribution < 1.29 is 18.3 Å². The highest BCUT2D eigenvalue weighted by Gasteiger charge is 2.23. The fraction of sp³-hybridized carbons (Fsp3) is 0.111. The number of methoxy groups -OCH3 is 1. The topological polar surface area (TPSA) is 44.1 Å². The van der Waals surface area contributed by atoms with Gasteiger partial charge < -0.3 is 4.74 Å². The summed E-state index contributed by atoms with van der Waals surface area (Å²) in [7, 11) is 2.27. The molecule has 0 N–H and O–H groups in total. The van der Waals surface area contributed by atoms with Gasteiger partial charge >= 0.3 is 5.97 Å². The Morgan fingerprint density at radius 2 is 2.22 bits per heavy atom. The Bertz CT molecular complexity index is 649. The molecule has 96 valence electrons. The molecule has 2 aromatic heterocycles. The normalized spacial score (nSPS) is 10.9. The molecule has 0 fully saturated rings. The Morgan fingerprint density at radius 1 is 1.56 bits per heavy atom. The average Bonchev–Trinajstić information content (AvgIpc) is 2.73. The van der Waals surface area contributed by atoms with Gasteiger partial charge in [-0.1, -0.05) is 11.6 Å². The highest BCUT2D eigenvalue weighted by Crippen LogP contribution is 2.32. The van der Waals surface area contributed by atoms with Crippen LogP contribution in [0.3, 0.4) is 0 Å². The Balaban J connectivity index is 2.85. The first-order chi connectivity index (χ1) is 8.51. The first-order valence-corrected chi connectivity index (χ1v) is 8.14. The molecule has 2 heterocycles. The molecule has 0 atom stereocenters. The van der Waals surface area contributed by atoms with Gasteiger partial charge in [0.1, 0.15) is 5.69 Å². The molecular formula is C9H4ClF2IN2O2S. The van der Waals surface area contributed by atoms with Gasteiger partial charge in [-0.3, -0.25) is 3.97 Å². The van der Waals surface area contributed by atoms with Gasteiger partial charge in [0.05, 0.1) is 12.5 Å². The highest BCUT2D eigenvalue weighted by atomic mass is 127. The van der Waals surface area contributed by atoms with Crippen molar-refractivity contribution in [3.8, 4) is 0 Å². The summed E-state index contributed by atoms with van der Waals surface area (Å²) >= 11 is 7.36. The van der Waals surface area contributed by atoms with E-state index in [1.807, 2.05) is 21.2 Å². The summed E-state index contributed by atoms with van der Waals surface area (Å²) in [4.78, 5) is 15.2. The van der Waals surface area contributed by atoms with Gasteiger partial charge in [-0.2, -0.15) is 0 Å². The molecule has 0 aliphatic rings. The van der Waals surface area contributed by atoms with E-state index in [0.717, 1.165) is 9.12 Å². The van der Waals surface area contributed by atoms with Gasteiger partial charge in [0.2, 0.25) is 0 Å². The van der Waals surface area contributed by atoms with Crippen LogP contribution in [0.25, 0.3) is 11.0 Å². The monoisotopic (exact) mass is 404 g/mol. The maximum atomic E-state index is 13.7. The number of carbonyl (C=O) groups excluding carboxylic acids is 1. The van der Waals surface area contributed by atoms with Crippen molar-refractivity contribution in [2.24, 2.45) is 0 Å². The summed E-state index contributed by atoms with van der Waals surface area (Å²) in [6.07, 6.45) is 0. The third-order valence-corrected chi connectivity index (χ3v) is 4.15. The van der Waals surface area contributed by atoms with E-state index < -0.39 is 22.8 Å². The molecule has 0 unspecified atom stereocenters. The average molecular weight is 405 g/mol. The van der Waals surface area contributed by atoms with Gasteiger partial charge in [0, 0.05) is 30.3 Å². The van der Waals surface area contributed by atoms with E-state index in [4.69, 9.17) is 11.6 Å². The largest absolute Gasteiger partial charge is 0.464 e. The number of hydrogen-bond acceptors (Lipinski definition) is 4. The molecule has 9 heteroatoms. The van der Waals surface area contributed by atoms with E-state index in [9.17, 15) is 13.6 Å². The van der Waals surface area contributed by atoms with E-state index in [1.54, 1.807) is 0 Å². The minimum Gasteiger partial charge on any atom is -0.464 e. The maximum Gasteiger partial charge on any atom is 0.355 e. The molecule has 18 heavy (non-hydrogen) atoms. The number of pyridine rings is 1. The lowest BCUT2D eigenvalue weighted by Gasteiger charge is -2.03. The summed E-state index contributed by atoms with van der Waals surface area (Å²) in [6.45, 7) is 0. The predicted molar refractivity (Wildman–Crippen MR) is 73.0 cm³/mol. The van der Waals surface area contributed by atoms with Crippen molar-refractivity contribution in [1.82, 2.24) is 8.96 Å². The zero-order valence-corrected chi connectivity index (χ0v) is 12.4. The summed E-state index contributed by atoms with van der Waals surface area (Å²) in [5.41, 5.74) is 0.124. The van der Waals surface area contributed by atoms with Gasteiger partial charge in [0.15, 0.2) is 22.4 Å². The number of hydrogen-bond donors (Lipinski definition) is 0. The number of aromatic nitrogens is 2. The SMILES string of the molecule is COC(=O)c1cc2c(F)c(F)c(Cl)nc2n1SI. The van der Waals surface area contributed by atoms with Gasteiger partial charge in [0.25, 0.3) is 0 Å². The zero-order chi connectivity index (χ0) is 13.4. The Hall–Kier alpha value is -0.610. The predicted octanol–water partition coefficient (Wildman–Crippen LogP) is 3.60. The van der Waals surface area contributed by atoms with E-state index >= 15 is 0 Å². The van der Waals surface area contributed by atoms with Crippen molar-refractivity contribution in [1.29, 1.82) is 0 Å². The van der Waals surface area contributed by atoms with Crippen molar-refractivity contribution in [2.75, 3.05) is 7.11 Å². The minimum atomic E-state index is -1.24. The first kappa shape index (κ1) is 13.8. The Kier molecular flexibility index (Phi) is 3.97. The van der Waals surface area contributed by atoms with E-state index in [-0.39, 0.29) is 16.7 Å². The number of nitrogens with zero attached hydrogens (tertiary/aromatic N) is 2. The van der Waals surface area contributed by atoms with Gasteiger partial charge in [-0.05, 0) is 6.07 Å². The molecule has 0 spiro atoms. The summed E-state index contributed by atoms with van der Waals surface area (Å²) in [5.74, 6) is -3.05. The molecule has 0 bridgehead atoms. The number of fused-ring (bicyclic) bond motifs is 1. The van der Waals surface area contributed by atoms with Crippen LogP contribution in [-0.2, 0) is 4.74 Å². The molecule has 0 aliphatic carbocycles. The summed E-state index contributed by atoms with van der Waals surface area (Å²) in [6, 6.07) is 1.18. The van der Waals surface area contributed by atoms with Crippen molar-refractivity contribution in [2.45, 2.75) is 0 Å². The van der Waals surface area contributed by atoms with Crippen molar-refractivity contribution in [3.05, 3.63) is 28.5 Å². The third-order valence-electron chi connectivity index (χ3n) is 2.21.